The van der Waals surface area contributed by atoms with E-state index in [2.05, 4.69) is 13.5 Å². The summed E-state index contributed by atoms with van der Waals surface area (Å²) < 4.78 is 30.4. The van der Waals surface area contributed by atoms with Crippen molar-refractivity contribution in [3.63, 3.8) is 0 Å². The fourth-order valence-corrected chi connectivity index (χ4v) is 2.53. The van der Waals surface area contributed by atoms with Gasteiger partial charge in [0.15, 0.2) is 0 Å². The standard InChI is InChI=1S/C14H30O3S.C4H7NO.Na/c1-3-4-5-6-7-8-9-10-11-12-13-14(2)18(15,16)17;1-3(2)4(5)6;/h14H,3-13H2,1-2H3,(H,15,16,17);1H2,2H3,(H2,5,6);. The summed E-state index contributed by atoms with van der Waals surface area (Å²) in [6, 6.07) is 0. The van der Waals surface area contributed by atoms with Crippen molar-refractivity contribution in [1.29, 1.82) is 0 Å². The second-order valence-electron chi connectivity index (χ2n) is 6.44. The number of hydrogen-bond acceptors (Lipinski definition) is 3. The normalized spacial score (nSPS) is 11.7. The van der Waals surface area contributed by atoms with Crippen molar-refractivity contribution in [3.05, 3.63) is 12.2 Å². The molecular weight excluding hydrogens is 349 g/mol. The molecule has 7 heteroatoms. The molecule has 0 aliphatic carbocycles. The second kappa shape index (κ2) is 18.9. The van der Waals surface area contributed by atoms with Gasteiger partial charge in [0.2, 0.25) is 5.91 Å². The van der Waals surface area contributed by atoms with Crippen LogP contribution in [0.2, 0.25) is 0 Å². The average molecular weight is 387 g/mol. The first kappa shape index (κ1) is 29.9. The summed E-state index contributed by atoms with van der Waals surface area (Å²) in [5, 5.41) is -0.605. The van der Waals surface area contributed by atoms with Gasteiger partial charge in [0, 0.05) is 35.1 Å². The third-order valence-corrected chi connectivity index (χ3v) is 5.15. The Morgan fingerprint density at radius 3 is 1.60 bits per heavy atom. The van der Waals surface area contributed by atoms with E-state index in [0.29, 0.717) is 12.0 Å². The number of unbranched alkanes of at least 4 members (excludes halogenated alkanes) is 9. The van der Waals surface area contributed by atoms with E-state index in [9.17, 15) is 13.2 Å². The molecule has 0 aromatic carbocycles. The molecule has 0 saturated carbocycles. The van der Waals surface area contributed by atoms with Crippen LogP contribution in [0.5, 0.6) is 0 Å². The molecule has 1 amide bonds. The maximum Gasteiger partial charge on any atom is 0.267 e. The van der Waals surface area contributed by atoms with Gasteiger partial charge in [-0.2, -0.15) is 8.42 Å². The Morgan fingerprint density at radius 1 is 1.00 bits per heavy atom. The van der Waals surface area contributed by atoms with Gasteiger partial charge in [0.1, 0.15) is 0 Å². The largest absolute Gasteiger partial charge is 0.366 e. The van der Waals surface area contributed by atoms with Crippen molar-refractivity contribution in [1.82, 2.24) is 0 Å². The summed E-state index contributed by atoms with van der Waals surface area (Å²) in [5.74, 6) is -0.435. The van der Waals surface area contributed by atoms with Crippen LogP contribution in [0.15, 0.2) is 12.2 Å². The minimum absolute atomic E-state index is 0. The zero-order valence-electron chi connectivity index (χ0n) is 16.7. The van der Waals surface area contributed by atoms with Crippen molar-refractivity contribution >= 4 is 45.6 Å². The molecule has 1 atom stereocenters. The van der Waals surface area contributed by atoms with Gasteiger partial charge >= 0.3 is 0 Å². The molecular formula is C18H37NNaO4S. The first-order valence-electron chi connectivity index (χ1n) is 9.04. The summed E-state index contributed by atoms with van der Waals surface area (Å²) in [6.45, 7) is 8.65. The van der Waals surface area contributed by atoms with E-state index in [1.807, 2.05) is 0 Å². The number of carbonyl (C=O) groups excluding carboxylic acids is 1. The van der Waals surface area contributed by atoms with E-state index in [1.54, 1.807) is 13.8 Å². The van der Waals surface area contributed by atoms with E-state index >= 15 is 0 Å². The summed E-state index contributed by atoms with van der Waals surface area (Å²) >= 11 is 0. The Morgan fingerprint density at radius 2 is 1.32 bits per heavy atom. The summed E-state index contributed by atoms with van der Waals surface area (Å²) in [7, 11) is -3.81. The van der Waals surface area contributed by atoms with E-state index in [4.69, 9.17) is 10.3 Å². The van der Waals surface area contributed by atoms with Crippen molar-refractivity contribution in [2.45, 2.75) is 96.7 Å². The zero-order valence-corrected chi connectivity index (χ0v) is 19.5. The van der Waals surface area contributed by atoms with Gasteiger partial charge in [-0.1, -0.05) is 77.7 Å². The number of nitrogens with two attached hydrogens (primary N) is 1. The molecule has 0 saturated heterocycles. The van der Waals surface area contributed by atoms with Gasteiger partial charge in [0.25, 0.3) is 10.1 Å². The van der Waals surface area contributed by atoms with Gasteiger partial charge in [-0.3, -0.25) is 9.35 Å². The third kappa shape index (κ3) is 24.1. The van der Waals surface area contributed by atoms with Crippen LogP contribution in [-0.2, 0) is 14.9 Å². The molecule has 0 aliphatic rings. The Hall–Kier alpha value is 0.120. The molecule has 0 rings (SSSR count). The number of amides is 1. The van der Waals surface area contributed by atoms with E-state index in [-0.39, 0.29) is 29.6 Å². The van der Waals surface area contributed by atoms with Crippen LogP contribution in [0.4, 0.5) is 0 Å². The Bertz CT molecular complexity index is 426. The van der Waals surface area contributed by atoms with E-state index < -0.39 is 21.3 Å². The monoisotopic (exact) mass is 386 g/mol. The molecule has 0 spiro atoms. The summed E-state index contributed by atoms with van der Waals surface area (Å²) in [6.07, 6.45) is 13.0. The molecule has 0 aromatic heterocycles. The maximum absolute atomic E-state index is 10.8. The van der Waals surface area contributed by atoms with Gasteiger partial charge < -0.3 is 5.73 Å². The molecule has 0 heterocycles. The van der Waals surface area contributed by atoms with Crippen LogP contribution in [0, 0.1) is 0 Å². The molecule has 0 fully saturated rings. The predicted octanol–water partition coefficient (Wildman–Crippen LogP) is 4.24. The van der Waals surface area contributed by atoms with Crippen molar-refractivity contribution < 1.29 is 17.8 Å². The van der Waals surface area contributed by atoms with Crippen LogP contribution >= 0.6 is 0 Å². The van der Waals surface area contributed by atoms with Crippen molar-refractivity contribution in [2.24, 2.45) is 5.73 Å². The molecule has 5 nitrogen and oxygen atoms in total. The molecule has 1 radical (unpaired) electrons. The zero-order chi connectivity index (χ0) is 19.0. The minimum atomic E-state index is -3.81. The Kier molecular flexibility index (Phi) is 22.6. The molecule has 0 aliphatic heterocycles. The fourth-order valence-electron chi connectivity index (χ4n) is 2.07. The van der Waals surface area contributed by atoms with E-state index in [1.165, 1.54) is 51.4 Å². The van der Waals surface area contributed by atoms with Crippen LogP contribution in [-0.4, -0.2) is 53.7 Å². The SMILES string of the molecule is C=C(C)C(N)=O.CCCCCCCCCCCCC(C)S(=O)(=O)O.[Na]. The maximum atomic E-state index is 10.8. The fraction of sp³-hybridized carbons (Fsp3) is 0.833. The molecule has 0 aromatic rings. The van der Waals surface area contributed by atoms with Crippen molar-refractivity contribution in [2.75, 3.05) is 0 Å². The summed E-state index contributed by atoms with van der Waals surface area (Å²) in [4.78, 5) is 9.82. The third-order valence-electron chi connectivity index (χ3n) is 3.89. The van der Waals surface area contributed by atoms with Crippen LogP contribution in [0.25, 0.3) is 0 Å². The Labute approximate surface area is 177 Å². The molecule has 25 heavy (non-hydrogen) atoms. The average Bonchev–Trinajstić information content (AvgIpc) is 2.48. The molecule has 0 bridgehead atoms. The second-order valence-corrected chi connectivity index (χ2v) is 8.28. The van der Waals surface area contributed by atoms with Crippen molar-refractivity contribution in [3.8, 4) is 0 Å². The smallest absolute Gasteiger partial charge is 0.267 e. The first-order valence-corrected chi connectivity index (χ1v) is 10.5. The van der Waals surface area contributed by atoms with E-state index in [0.717, 1.165) is 12.8 Å². The topological polar surface area (TPSA) is 97.5 Å². The quantitative estimate of drug-likeness (QED) is 0.214. The number of hydrogen-bond donors (Lipinski definition) is 2. The van der Waals surface area contributed by atoms with Crippen LogP contribution in [0.3, 0.4) is 0 Å². The predicted molar refractivity (Wildman–Crippen MR) is 107 cm³/mol. The molecule has 1 unspecified atom stereocenters. The number of primary amides is 1. The van der Waals surface area contributed by atoms with Gasteiger partial charge in [-0.05, 0) is 20.3 Å². The molecule has 3 N–H and O–H groups in total. The van der Waals surface area contributed by atoms with Gasteiger partial charge in [0.05, 0.1) is 5.25 Å². The first-order chi connectivity index (χ1) is 11.1. The Balaban J connectivity index is -0.000000592. The van der Waals surface area contributed by atoms with Crippen LogP contribution in [0.1, 0.15) is 91.4 Å². The number of carbonyl (C=O) groups is 1. The molecule has 145 valence electrons. The number of rotatable bonds is 13. The van der Waals surface area contributed by atoms with Crippen LogP contribution < -0.4 is 5.73 Å². The minimum Gasteiger partial charge on any atom is -0.366 e. The van der Waals surface area contributed by atoms with Gasteiger partial charge in [-0.15, -0.1) is 0 Å². The summed E-state index contributed by atoms with van der Waals surface area (Å²) in [5.41, 5.74) is 5.09. The van der Waals surface area contributed by atoms with Gasteiger partial charge in [-0.25, -0.2) is 0 Å².